The maximum atomic E-state index is 10.1. The Morgan fingerprint density at radius 1 is 1.73 bits per heavy atom. The van der Waals surface area contributed by atoms with Crippen molar-refractivity contribution < 1.29 is 31.9 Å². The minimum absolute atomic E-state index is 0. The van der Waals surface area contributed by atoms with E-state index in [0.29, 0.717) is 18.7 Å². The first-order valence-electron chi connectivity index (χ1n) is 2.87. The van der Waals surface area contributed by atoms with Crippen LogP contribution in [0.25, 0.3) is 0 Å². The molecule has 65 valence electrons. The summed E-state index contributed by atoms with van der Waals surface area (Å²) in [5, 5.41) is 0. The van der Waals surface area contributed by atoms with E-state index in [2.05, 4.69) is 24.3 Å². The van der Waals surface area contributed by atoms with Crippen molar-refractivity contribution in [2.45, 2.75) is 6.42 Å². The predicted octanol–water partition coefficient (Wildman–Crippen LogP) is -0.127. The molecule has 3 nitrogen and oxygen atoms in total. The number of rotatable bonds is 2. The van der Waals surface area contributed by atoms with Crippen molar-refractivity contribution >= 4 is 18.6 Å². The molecule has 0 aliphatic carbocycles. The number of ether oxygens (including phenoxy) is 1. The summed E-state index contributed by atoms with van der Waals surface area (Å²) >= 11 is 4.49. The molecule has 0 unspecified atom stereocenters. The summed E-state index contributed by atoms with van der Waals surface area (Å²) in [5.41, 5.74) is 4.74. The molecule has 1 radical (unpaired) electrons. The molecule has 0 fully saturated rings. The molecule has 0 aliphatic heterocycles. The second-order valence-corrected chi connectivity index (χ2v) is 1.73. The third kappa shape index (κ3) is 25.1. The molecule has 0 aromatic rings. The molecule has 0 aromatic heterocycles. The minimum atomic E-state index is -0.227. The quantitative estimate of drug-likeness (QED) is 0.324. The summed E-state index contributed by atoms with van der Waals surface area (Å²) in [6.07, 6.45) is 0.353. The van der Waals surface area contributed by atoms with Gasteiger partial charge in [0.1, 0.15) is 0 Å². The van der Waals surface area contributed by atoms with E-state index in [-0.39, 0.29) is 28.3 Å². The number of carbonyl (C=O) groups is 1. The molecule has 0 saturated heterocycles. The Labute approximate surface area is 89.0 Å². The Kier molecular flexibility index (Phi) is 26.9. The average molecular weight is 256 g/mol. The summed E-state index contributed by atoms with van der Waals surface area (Å²) in [4.78, 5) is 10.1. The molecule has 0 aromatic carbocycles. The van der Waals surface area contributed by atoms with E-state index in [0.717, 1.165) is 0 Å². The van der Waals surface area contributed by atoms with Crippen LogP contribution in [0.4, 0.5) is 0 Å². The van der Waals surface area contributed by atoms with E-state index in [1.165, 1.54) is 7.11 Å². The zero-order valence-electron chi connectivity index (χ0n) is 6.58. The first-order valence-corrected chi connectivity index (χ1v) is 3.44. The monoisotopic (exact) mass is 256 g/mol. The summed E-state index contributed by atoms with van der Waals surface area (Å²) in [5.74, 6) is 0.224. The molecule has 0 heterocycles. The van der Waals surface area contributed by atoms with Crippen molar-refractivity contribution in [2.24, 2.45) is 5.73 Å². The molecule has 2 N–H and O–H groups in total. The van der Waals surface area contributed by atoms with Gasteiger partial charge in [0, 0.05) is 6.42 Å². The molecule has 0 amide bonds. The van der Waals surface area contributed by atoms with Crippen LogP contribution in [0.3, 0.4) is 0 Å². The van der Waals surface area contributed by atoms with Gasteiger partial charge in [0.15, 0.2) is 0 Å². The molecule has 11 heavy (non-hydrogen) atoms. The molecule has 0 bridgehead atoms. The van der Waals surface area contributed by atoms with E-state index >= 15 is 0 Å². The first kappa shape index (κ1) is 17.6. The molecule has 0 atom stereocenters. The number of nitrogens with two attached hydrogens (primary N) is 1. The zero-order chi connectivity index (χ0) is 8.41. The second-order valence-electron chi connectivity index (χ2n) is 1.32. The first-order chi connectivity index (χ1) is 4.72. The van der Waals surface area contributed by atoms with E-state index < -0.39 is 0 Å². The summed E-state index contributed by atoms with van der Waals surface area (Å²) < 4.78 is 4.28. The maximum absolute atomic E-state index is 10.1. The van der Waals surface area contributed by atoms with Crippen molar-refractivity contribution in [2.75, 3.05) is 19.4 Å². The maximum Gasteiger partial charge on any atom is 2.00 e. The number of esters is 1. The predicted molar refractivity (Wildman–Crippen MR) is 43.3 cm³/mol. The second kappa shape index (κ2) is 16.9. The fraction of sp³-hybridized carbons (Fsp3) is 0.667. The van der Waals surface area contributed by atoms with Crippen LogP contribution in [0, 0.1) is 6.92 Å². The smallest absolute Gasteiger partial charge is 0.792 e. The Balaban J connectivity index is -0.000000140. The number of hydrogen-bond donors (Lipinski definition) is 1. The topological polar surface area (TPSA) is 52.3 Å². The molecule has 5 heteroatoms. The fourth-order valence-electron chi connectivity index (χ4n) is 0.185. The molecular weight excluding hydrogens is 243 g/mol. The van der Waals surface area contributed by atoms with Crippen LogP contribution in [-0.2, 0) is 44.5 Å². The van der Waals surface area contributed by atoms with Gasteiger partial charge in [-0.15, -0.1) is 6.54 Å². The van der Waals surface area contributed by atoms with E-state index in [9.17, 15) is 4.79 Å². The van der Waals surface area contributed by atoms with Gasteiger partial charge in [-0.1, -0.05) is 0 Å². The van der Waals surface area contributed by atoms with Crippen LogP contribution in [0.1, 0.15) is 6.42 Å². The molecule has 0 spiro atoms. The van der Waals surface area contributed by atoms with Crippen molar-refractivity contribution in [3.8, 4) is 0 Å². The van der Waals surface area contributed by atoms with Crippen LogP contribution < -0.4 is 5.73 Å². The van der Waals surface area contributed by atoms with Gasteiger partial charge in [-0.05, 0) is 0 Å². The van der Waals surface area contributed by atoms with Crippen LogP contribution >= 0.6 is 0 Å². The largest absolute Gasteiger partial charge is 2.00 e. The van der Waals surface area contributed by atoms with Gasteiger partial charge in [-0.3, -0.25) is 4.79 Å². The molecule has 0 rings (SSSR count). The number of methoxy groups -OCH3 is 1. The van der Waals surface area contributed by atoms with Crippen molar-refractivity contribution in [3.63, 3.8) is 0 Å². The van der Waals surface area contributed by atoms with E-state index in [4.69, 9.17) is 5.73 Å². The summed E-state index contributed by atoms with van der Waals surface area (Å²) in [7, 11) is 1.35. The number of hydrogen-bond acceptors (Lipinski definition) is 4. The number of carbonyl (C=O) groups excluding carboxylic acids is 1. The molecule has 0 saturated carbocycles. The zero-order valence-corrected chi connectivity index (χ0v) is 9.59. The van der Waals surface area contributed by atoms with E-state index in [1.54, 1.807) is 0 Å². The Morgan fingerprint density at radius 3 is 2.18 bits per heavy atom. The van der Waals surface area contributed by atoms with Gasteiger partial charge < -0.3 is 30.0 Å². The van der Waals surface area contributed by atoms with Gasteiger partial charge in [-0.25, -0.2) is 0 Å². The van der Waals surface area contributed by atoms with Crippen LogP contribution in [0.2, 0.25) is 0 Å². The SMILES string of the molecule is COC(=O)CC[S-].[CH2-]CN.[Nb+2]. The van der Waals surface area contributed by atoms with Gasteiger partial charge in [0.05, 0.1) is 7.11 Å². The van der Waals surface area contributed by atoms with Crippen molar-refractivity contribution in [1.82, 2.24) is 0 Å². The third-order valence-corrected chi connectivity index (χ3v) is 0.738. The minimum Gasteiger partial charge on any atom is -0.792 e. The molecule has 0 aliphatic rings. The van der Waals surface area contributed by atoms with Gasteiger partial charge in [-0.2, -0.15) is 5.75 Å². The van der Waals surface area contributed by atoms with Gasteiger partial charge in [0.2, 0.25) is 0 Å². The van der Waals surface area contributed by atoms with Crippen LogP contribution in [0.15, 0.2) is 0 Å². The Hall–Kier alpha value is 0.520. The molecular formula is C6H13NNbO2S. The van der Waals surface area contributed by atoms with Crippen LogP contribution in [0.5, 0.6) is 0 Å². The van der Waals surface area contributed by atoms with Crippen molar-refractivity contribution in [1.29, 1.82) is 0 Å². The van der Waals surface area contributed by atoms with Crippen molar-refractivity contribution in [3.05, 3.63) is 6.92 Å². The van der Waals surface area contributed by atoms with Gasteiger partial charge >= 0.3 is 28.3 Å². The Bertz CT molecular complexity index is 83.0. The fourth-order valence-corrected chi connectivity index (χ4v) is 0.352. The normalized spacial score (nSPS) is 6.91. The van der Waals surface area contributed by atoms with Gasteiger partial charge in [0.25, 0.3) is 0 Å². The Morgan fingerprint density at radius 2 is 2.09 bits per heavy atom. The summed E-state index contributed by atoms with van der Waals surface area (Å²) in [6, 6.07) is 0. The standard InChI is InChI=1S/C4H8O2S.C2H6N.Nb/c1-6-4(5)2-3-7;1-2-3;/h7H,2-3H2,1H3;1-3H2;/q;-1;+2/p-1. The average Bonchev–Trinajstić information content (AvgIpc) is 1.90. The van der Waals surface area contributed by atoms with E-state index in [1.807, 2.05) is 0 Å². The third-order valence-electron chi connectivity index (χ3n) is 0.534. The summed E-state index contributed by atoms with van der Waals surface area (Å²) in [6.45, 7) is 3.76. The van der Waals surface area contributed by atoms with Crippen LogP contribution in [-0.4, -0.2) is 25.4 Å².